The van der Waals surface area contributed by atoms with Crippen LogP contribution in [0, 0.1) is 0 Å². The number of hydrogen-bond donors (Lipinski definition) is 0. The SMILES string of the molecule is [2H]c1c([2H])c([2H])c(-c2c([2H])c(-c3c([2H])c([2H])c([2H])c([2H])c3[2H])c(N3CN(c4cc(C(C)(C)c5ccc6c7ccccc7n(-c7cc(C(C)(C)c8ccccc8)ccn7)c6c5)cc([Si](C)(C)C)c4)c4ccccc43)c(-c3c([2H])c([2H])c([2H])c([2H])c3[2H])c2[2H])c([2H])c1[2H]. The minimum absolute atomic E-state index is 0.197. The summed E-state index contributed by atoms with van der Waals surface area (Å²) in [6.45, 7) is 15.3. The molecule has 0 atom stereocenters. The standard InChI is InChI=1S/C69H62N4Si/c1-68(2,52-30-18-11-19-31-52)54-38-39-70-66(45-54)73-62-33-21-20-32-58(62)59-37-36-53(44-65(59)73)69(3,4)55-42-56(46-57(43-55)74(5,6)7)71-47-72(64-35-23-22-34-63(64)71)67-60(49-26-14-9-15-27-49)40-51(48-24-12-8-13-25-48)41-61(67)50-28-16-10-17-29-50/h8-46H,47H2,1-7H3/i8D,9D,10D,12D,13D,14D,15D,16D,17D,24D,25D,26D,27D,28D,29D,40D,41D. The number of pyridine rings is 1. The lowest BCUT2D eigenvalue weighted by Crippen LogP contribution is -2.39. The molecule has 0 aliphatic carbocycles. The summed E-state index contributed by atoms with van der Waals surface area (Å²) in [5, 5.41) is 3.21. The number of anilines is 4. The summed E-state index contributed by atoms with van der Waals surface area (Å²) in [5.74, 6) is 0.770. The average molecular weight is 992 g/mol. The van der Waals surface area contributed by atoms with Gasteiger partial charge in [0.05, 0.1) is 59.5 Å². The molecule has 9 aromatic carbocycles. The Morgan fingerprint density at radius 1 is 0.473 bits per heavy atom. The van der Waals surface area contributed by atoms with Crippen molar-refractivity contribution in [2.45, 2.75) is 58.2 Å². The van der Waals surface area contributed by atoms with Gasteiger partial charge in [-0.15, -0.1) is 0 Å². The molecule has 3 heterocycles. The Bertz CT molecular complexity index is 4720. The fourth-order valence-electron chi connectivity index (χ4n) is 10.3. The van der Waals surface area contributed by atoms with Crippen LogP contribution >= 0.6 is 0 Å². The van der Waals surface area contributed by atoms with Gasteiger partial charge in [-0.25, -0.2) is 4.98 Å². The quantitative estimate of drug-likeness (QED) is 0.121. The highest BCUT2D eigenvalue weighted by atomic mass is 28.3. The van der Waals surface area contributed by atoms with Crippen LogP contribution in [0.3, 0.4) is 0 Å². The van der Waals surface area contributed by atoms with Gasteiger partial charge >= 0.3 is 0 Å². The summed E-state index contributed by atoms with van der Waals surface area (Å²) < 4.78 is 158. The van der Waals surface area contributed by atoms with E-state index in [9.17, 15) is 11.0 Å². The third-order valence-corrected chi connectivity index (χ3v) is 16.7. The molecule has 12 rings (SSSR count). The lowest BCUT2D eigenvalue weighted by atomic mass is 9.77. The maximum absolute atomic E-state index is 10.3. The van der Waals surface area contributed by atoms with Gasteiger partial charge in [0.15, 0.2) is 0 Å². The smallest absolute Gasteiger partial charge is 0.137 e. The molecular formula is C69H62N4Si. The minimum Gasteiger partial charge on any atom is -0.321 e. The summed E-state index contributed by atoms with van der Waals surface area (Å²) in [4.78, 5) is 8.66. The van der Waals surface area contributed by atoms with E-state index < -0.39 is 150 Å². The molecule has 2 aromatic heterocycles. The zero-order valence-corrected chi connectivity index (χ0v) is 43.2. The van der Waals surface area contributed by atoms with Crippen LogP contribution < -0.4 is 15.0 Å². The van der Waals surface area contributed by atoms with Gasteiger partial charge < -0.3 is 9.80 Å². The average Bonchev–Trinajstić information content (AvgIpc) is 1.65. The maximum Gasteiger partial charge on any atom is 0.137 e. The molecule has 0 amide bonds. The van der Waals surface area contributed by atoms with Gasteiger partial charge in [-0.2, -0.15) is 0 Å². The molecular weight excluding hydrogens is 913 g/mol. The molecule has 74 heavy (non-hydrogen) atoms. The number of nitrogens with zero attached hydrogens (tertiary/aromatic N) is 4. The van der Waals surface area contributed by atoms with E-state index in [1.54, 1.807) is 17.0 Å². The van der Waals surface area contributed by atoms with Crippen LogP contribution in [0.2, 0.25) is 19.6 Å². The Kier molecular flexibility index (Phi) is 7.78. The van der Waals surface area contributed by atoms with E-state index in [-0.39, 0.29) is 17.8 Å². The van der Waals surface area contributed by atoms with Gasteiger partial charge in [0.1, 0.15) is 12.5 Å². The number of aromatic nitrogens is 2. The van der Waals surface area contributed by atoms with Crippen LogP contribution in [0.25, 0.3) is 61.0 Å². The first-order valence-corrected chi connectivity index (χ1v) is 28.2. The Morgan fingerprint density at radius 3 is 1.68 bits per heavy atom. The van der Waals surface area contributed by atoms with Gasteiger partial charge in [-0.05, 0) is 105 Å². The zero-order valence-electron chi connectivity index (χ0n) is 59.2. The monoisotopic (exact) mass is 992 g/mol. The lowest BCUT2D eigenvalue weighted by molar-refractivity contribution is 0.638. The van der Waals surface area contributed by atoms with Crippen LogP contribution in [0.1, 0.15) is 73.3 Å². The molecule has 0 N–H and O–H groups in total. The topological polar surface area (TPSA) is 24.3 Å². The first-order valence-electron chi connectivity index (χ1n) is 33.2. The predicted octanol–water partition coefficient (Wildman–Crippen LogP) is 17.6. The van der Waals surface area contributed by atoms with E-state index in [4.69, 9.17) is 17.3 Å². The van der Waals surface area contributed by atoms with E-state index in [0.29, 0.717) is 17.1 Å². The predicted molar refractivity (Wildman–Crippen MR) is 317 cm³/mol. The van der Waals surface area contributed by atoms with Gasteiger partial charge in [0.25, 0.3) is 0 Å². The van der Waals surface area contributed by atoms with Crippen molar-refractivity contribution in [3.8, 4) is 39.2 Å². The largest absolute Gasteiger partial charge is 0.321 e. The molecule has 0 unspecified atom stereocenters. The maximum atomic E-state index is 10.3. The Hall–Kier alpha value is -8.25. The molecule has 0 saturated carbocycles. The summed E-state index contributed by atoms with van der Waals surface area (Å²) >= 11 is 0. The minimum atomic E-state index is -2.26. The number of para-hydroxylation sites is 3. The number of fused-ring (bicyclic) bond motifs is 4. The van der Waals surface area contributed by atoms with Gasteiger partial charge in [-0.1, -0.05) is 222 Å². The summed E-state index contributed by atoms with van der Waals surface area (Å²) in [7, 11) is -2.26. The van der Waals surface area contributed by atoms with Crippen LogP contribution in [0.5, 0.6) is 0 Å². The second-order valence-corrected chi connectivity index (χ2v) is 25.9. The Balaban J connectivity index is 1.10. The van der Waals surface area contributed by atoms with Crippen molar-refractivity contribution in [2.75, 3.05) is 16.5 Å². The summed E-state index contributed by atoms with van der Waals surface area (Å²) in [5.41, 5.74) is 3.09. The highest BCUT2D eigenvalue weighted by Crippen LogP contribution is 2.52. The molecule has 362 valence electrons. The van der Waals surface area contributed by atoms with E-state index in [0.717, 1.165) is 49.5 Å². The fraction of sp³-hybridized carbons (Fsp3) is 0.145. The highest BCUT2D eigenvalue weighted by Gasteiger charge is 2.35. The van der Waals surface area contributed by atoms with Gasteiger partial charge in [0, 0.05) is 44.6 Å². The Labute approximate surface area is 461 Å². The number of rotatable bonds is 11. The van der Waals surface area contributed by atoms with Crippen molar-refractivity contribution >= 4 is 57.8 Å². The third kappa shape index (κ3) is 8.22. The van der Waals surface area contributed by atoms with Crippen molar-refractivity contribution in [3.05, 3.63) is 259 Å². The zero-order chi connectivity index (χ0) is 65.6. The second-order valence-electron chi connectivity index (χ2n) is 20.8. The number of benzene rings is 9. The summed E-state index contributed by atoms with van der Waals surface area (Å²) in [6.07, 6.45) is 1.87. The van der Waals surface area contributed by atoms with E-state index >= 15 is 0 Å². The second kappa shape index (κ2) is 18.3. The van der Waals surface area contributed by atoms with Gasteiger partial charge in [-0.3, -0.25) is 4.57 Å². The first kappa shape index (κ1) is 31.4. The lowest BCUT2D eigenvalue weighted by Gasteiger charge is -2.32. The molecule has 5 heteroatoms. The van der Waals surface area contributed by atoms with E-state index in [1.807, 2.05) is 41.4 Å². The van der Waals surface area contributed by atoms with Crippen LogP contribution in [-0.4, -0.2) is 24.3 Å². The third-order valence-electron chi connectivity index (χ3n) is 14.6. The normalized spacial score (nSPS) is 16.2. The molecule has 0 radical (unpaired) electrons. The molecule has 0 fully saturated rings. The molecule has 0 saturated heterocycles. The van der Waals surface area contributed by atoms with Crippen molar-refractivity contribution in [1.82, 2.24) is 9.55 Å². The van der Waals surface area contributed by atoms with E-state index in [2.05, 4.69) is 137 Å². The summed E-state index contributed by atoms with van der Waals surface area (Å²) in [6, 6.07) is 29.6. The van der Waals surface area contributed by atoms with Crippen LogP contribution in [-0.2, 0) is 10.8 Å². The van der Waals surface area contributed by atoms with Crippen molar-refractivity contribution < 1.29 is 23.3 Å². The van der Waals surface area contributed by atoms with Crippen molar-refractivity contribution in [2.24, 2.45) is 0 Å². The molecule has 1 aliphatic rings. The molecule has 4 nitrogen and oxygen atoms in total. The van der Waals surface area contributed by atoms with Crippen LogP contribution in [0.15, 0.2) is 236 Å². The molecule has 0 spiro atoms. The molecule has 0 bridgehead atoms. The molecule has 1 aliphatic heterocycles. The fourth-order valence-corrected chi connectivity index (χ4v) is 11.5. The van der Waals surface area contributed by atoms with E-state index in [1.165, 1.54) is 5.56 Å². The Morgan fingerprint density at radius 2 is 1.03 bits per heavy atom. The van der Waals surface area contributed by atoms with Crippen molar-refractivity contribution in [3.63, 3.8) is 0 Å². The van der Waals surface area contributed by atoms with Crippen LogP contribution in [0.4, 0.5) is 22.7 Å². The number of hydrogen-bond acceptors (Lipinski definition) is 3. The molecule has 11 aromatic rings. The highest BCUT2D eigenvalue weighted by molar-refractivity contribution is 6.88. The first-order chi connectivity index (χ1) is 42.9. The van der Waals surface area contributed by atoms with Crippen molar-refractivity contribution in [1.29, 1.82) is 0 Å². The van der Waals surface area contributed by atoms with Gasteiger partial charge in [0.2, 0.25) is 0 Å².